The van der Waals surface area contributed by atoms with E-state index in [4.69, 9.17) is 4.74 Å². The van der Waals surface area contributed by atoms with Gasteiger partial charge in [-0.25, -0.2) is 4.98 Å². The lowest BCUT2D eigenvalue weighted by molar-refractivity contribution is -0.0295. The van der Waals surface area contributed by atoms with Crippen molar-refractivity contribution >= 4 is 17.2 Å². The number of carbonyl (C=O) groups excluding carboxylic acids is 1. The summed E-state index contributed by atoms with van der Waals surface area (Å²) < 4.78 is 5.81. The molecule has 1 aromatic carbocycles. The molecule has 1 saturated heterocycles. The molecule has 1 amide bonds. The zero-order chi connectivity index (χ0) is 18.5. The van der Waals surface area contributed by atoms with E-state index >= 15 is 0 Å². The number of hydrogen-bond donors (Lipinski definition) is 1. The molecule has 5 nitrogen and oxygen atoms in total. The maximum atomic E-state index is 12.6. The van der Waals surface area contributed by atoms with E-state index in [1.165, 1.54) is 11.3 Å². The molecule has 1 N–H and O–H groups in total. The maximum absolute atomic E-state index is 12.6. The first kappa shape index (κ1) is 19.0. The van der Waals surface area contributed by atoms with Crippen molar-refractivity contribution in [3.05, 3.63) is 40.9 Å². The van der Waals surface area contributed by atoms with Gasteiger partial charge >= 0.3 is 0 Å². The zero-order valence-corrected chi connectivity index (χ0v) is 16.5. The van der Waals surface area contributed by atoms with Gasteiger partial charge in [-0.05, 0) is 12.8 Å². The Balaban J connectivity index is 1.58. The van der Waals surface area contributed by atoms with Crippen LogP contribution in [-0.2, 0) is 4.74 Å². The molecule has 0 unspecified atom stereocenters. The average molecular weight is 374 g/mol. The van der Waals surface area contributed by atoms with Gasteiger partial charge in [0.2, 0.25) is 0 Å². The number of thiazole rings is 1. The highest BCUT2D eigenvalue weighted by Gasteiger charge is 2.23. The van der Waals surface area contributed by atoms with Crippen LogP contribution in [0.1, 0.15) is 29.2 Å². The third kappa shape index (κ3) is 4.90. The fourth-order valence-electron chi connectivity index (χ4n) is 3.18. The Kier molecular flexibility index (Phi) is 6.40. The molecule has 0 spiro atoms. The van der Waals surface area contributed by atoms with E-state index in [-0.39, 0.29) is 12.0 Å². The van der Waals surface area contributed by atoms with E-state index < -0.39 is 0 Å². The second-order valence-corrected chi connectivity index (χ2v) is 8.15. The Morgan fingerprint density at radius 1 is 1.38 bits per heavy atom. The molecule has 0 bridgehead atoms. The number of nitrogens with zero attached hydrogens (tertiary/aromatic N) is 2. The summed E-state index contributed by atoms with van der Waals surface area (Å²) in [5.74, 6) is 0.575. The molecular formula is C20H27N3O2S. The van der Waals surface area contributed by atoms with Crippen LogP contribution >= 0.6 is 11.3 Å². The monoisotopic (exact) mass is 373 g/mol. The molecule has 1 fully saturated rings. The number of rotatable bonds is 6. The first-order chi connectivity index (χ1) is 12.5. The van der Waals surface area contributed by atoms with Gasteiger partial charge in [-0.15, -0.1) is 11.3 Å². The van der Waals surface area contributed by atoms with E-state index in [0.717, 1.165) is 42.5 Å². The number of aryl methyl sites for hydroxylation is 1. The summed E-state index contributed by atoms with van der Waals surface area (Å²) in [6.45, 7) is 10.5. The van der Waals surface area contributed by atoms with E-state index in [0.29, 0.717) is 17.3 Å². The molecule has 140 valence electrons. The predicted octanol–water partition coefficient (Wildman–Crippen LogP) is 3.21. The molecule has 0 saturated carbocycles. The summed E-state index contributed by atoms with van der Waals surface area (Å²) in [6, 6.07) is 9.97. The summed E-state index contributed by atoms with van der Waals surface area (Å²) >= 11 is 1.44. The molecule has 2 aromatic rings. The predicted molar refractivity (Wildman–Crippen MR) is 106 cm³/mol. The second kappa shape index (κ2) is 8.75. The lowest BCUT2D eigenvalue weighted by Crippen LogP contribution is -2.48. The Morgan fingerprint density at radius 2 is 2.15 bits per heavy atom. The van der Waals surface area contributed by atoms with Gasteiger partial charge in [0.05, 0.1) is 18.4 Å². The molecule has 6 heteroatoms. The van der Waals surface area contributed by atoms with Crippen LogP contribution in [0.5, 0.6) is 0 Å². The molecule has 26 heavy (non-hydrogen) atoms. The molecule has 0 radical (unpaired) electrons. The van der Waals surface area contributed by atoms with Gasteiger partial charge in [-0.1, -0.05) is 44.2 Å². The lowest BCUT2D eigenvalue weighted by atomic mass is 10.2. The Morgan fingerprint density at radius 3 is 2.88 bits per heavy atom. The minimum absolute atomic E-state index is 0.0493. The van der Waals surface area contributed by atoms with E-state index in [1.807, 2.05) is 37.3 Å². The van der Waals surface area contributed by atoms with E-state index in [1.54, 1.807) is 0 Å². The highest BCUT2D eigenvalue weighted by Crippen LogP contribution is 2.27. The summed E-state index contributed by atoms with van der Waals surface area (Å²) in [7, 11) is 0. The minimum atomic E-state index is -0.0632. The number of aromatic nitrogens is 1. The van der Waals surface area contributed by atoms with Crippen molar-refractivity contribution in [2.45, 2.75) is 26.9 Å². The van der Waals surface area contributed by atoms with Crippen molar-refractivity contribution in [3.8, 4) is 10.6 Å². The average Bonchev–Trinajstić information content (AvgIpc) is 3.02. The van der Waals surface area contributed by atoms with Crippen molar-refractivity contribution in [2.24, 2.45) is 5.92 Å². The van der Waals surface area contributed by atoms with E-state index in [9.17, 15) is 4.79 Å². The summed E-state index contributed by atoms with van der Waals surface area (Å²) in [4.78, 5) is 20.3. The number of ether oxygens (including phenoxy) is 1. The number of carbonyl (C=O) groups is 1. The minimum Gasteiger partial charge on any atom is -0.374 e. The first-order valence-electron chi connectivity index (χ1n) is 9.18. The Labute approximate surface area is 159 Å². The van der Waals surface area contributed by atoms with Crippen LogP contribution in [-0.4, -0.2) is 54.7 Å². The second-order valence-electron chi connectivity index (χ2n) is 7.16. The van der Waals surface area contributed by atoms with Gasteiger partial charge in [0.15, 0.2) is 0 Å². The van der Waals surface area contributed by atoms with Gasteiger partial charge < -0.3 is 10.1 Å². The van der Waals surface area contributed by atoms with Crippen molar-refractivity contribution in [3.63, 3.8) is 0 Å². The SMILES string of the molecule is Cc1nc(-c2ccccc2)sc1C(=O)NC[C@@H]1CN(CC(C)C)CCO1. The Hall–Kier alpha value is -1.76. The first-order valence-corrected chi connectivity index (χ1v) is 9.99. The lowest BCUT2D eigenvalue weighted by Gasteiger charge is -2.33. The van der Waals surface area contributed by atoms with Crippen LogP contribution in [0.25, 0.3) is 10.6 Å². The van der Waals surface area contributed by atoms with Gasteiger partial charge in [-0.2, -0.15) is 0 Å². The fraction of sp³-hybridized carbons (Fsp3) is 0.500. The van der Waals surface area contributed by atoms with Crippen molar-refractivity contribution in [1.29, 1.82) is 0 Å². The van der Waals surface area contributed by atoms with Crippen LogP contribution < -0.4 is 5.32 Å². The number of hydrogen-bond acceptors (Lipinski definition) is 5. The van der Waals surface area contributed by atoms with Gasteiger partial charge in [-0.3, -0.25) is 9.69 Å². The number of nitrogens with one attached hydrogen (secondary N) is 1. The molecule has 2 heterocycles. The quantitative estimate of drug-likeness (QED) is 0.845. The van der Waals surface area contributed by atoms with Gasteiger partial charge in [0, 0.05) is 31.7 Å². The molecular weight excluding hydrogens is 346 g/mol. The number of benzene rings is 1. The molecule has 1 aromatic heterocycles. The number of morpholine rings is 1. The smallest absolute Gasteiger partial charge is 0.263 e. The van der Waals surface area contributed by atoms with Crippen LogP contribution in [0.4, 0.5) is 0 Å². The molecule has 0 aliphatic carbocycles. The van der Waals surface area contributed by atoms with Crippen molar-refractivity contribution in [2.75, 3.05) is 32.8 Å². The fourth-order valence-corrected chi connectivity index (χ4v) is 4.17. The Bertz CT molecular complexity index is 730. The van der Waals surface area contributed by atoms with Crippen LogP contribution in [0, 0.1) is 12.8 Å². The van der Waals surface area contributed by atoms with Crippen LogP contribution in [0.3, 0.4) is 0 Å². The van der Waals surface area contributed by atoms with E-state index in [2.05, 4.69) is 29.0 Å². The summed E-state index contributed by atoms with van der Waals surface area (Å²) in [5, 5.41) is 3.91. The van der Waals surface area contributed by atoms with Gasteiger partial charge in [0.25, 0.3) is 5.91 Å². The maximum Gasteiger partial charge on any atom is 0.263 e. The van der Waals surface area contributed by atoms with Gasteiger partial charge in [0.1, 0.15) is 9.88 Å². The van der Waals surface area contributed by atoms with Crippen molar-refractivity contribution < 1.29 is 9.53 Å². The standard InChI is InChI=1S/C20H27N3O2S/c1-14(2)12-23-9-10-25-17(13-23)11-21-19(24)18-15(3)22-20(26-18)16-7-5-4-6-8-16/h4-8,14,17H,9-13H2,1-3H3,(H,21,24)/t17-/m1/s1. The molecule has 3 rings (SSSR count). The van der Waals surface area contributed by atoms with Crippen LogP contribution in [0.15, 0.2) is 30.3 Å². The highest BCUT2D eigenvalue weighted by molar-refractivity contribution is 7.17. The zero-order valence-electron chi connectivity index (χ0n) is 15.7. The summed E-state index contributed by atoms with van der Waals surface area (Å²) in [5.41, 5.74) is 1.82. The highest BCUT2D eigenvalue weighted by atomic mass is 32.1. The normalized spacial score (nSPS) is 18.2. The van der Waals surface area contributed by atoms with Crippen molar-refractivity contribution in [1.82, 2.24) is 15.2 Å². The van der Waals surface area contributed by atoms with Crippen LogP contribution in [0.2, 0.25) is 0 Å². The third-order valence-electron chi connectivity index (χ3n) is 4.36. The molecule has 1 aliphatic heterocycles. The summed E-state index contributed by atoms with van der Waals surface area (Å²) in [6.07, 6.45) is 0.0493. The third-order valence-corrected chi connectivity index (χ3v) is 5.57. The molecule has 1 aliphatic rings. The molecule has 1 atom stereocenters. The topological polar surface area (TPSA) is 54.5 Å². The largest absolute Gasteiger partial charge is 0.374 e. The number of amides is 1.